The summed E-state index contributed by atoms with van der Waals surface area (Å²) in [5.74, 6) is 0.497. The molecule has 0 aliphatic rings. The molecule has 130 valence electrons. The zero-order valence-corrected chi connectivity index (χ0v) is 15.3. The number of rotatable bonds is 6. The van der Waals surface area contributed by atoms with Crippen molar-refractivity contribution in [3.63, 3.8) is 0 Å². The maximum absolute atomic E-state index is 12.4. The van der Waals surface area contributed by atoms with Gasteiger partial charge in [0.15, 0.2) is 6.04 Å². The number of likely N-dealkylation sites (N-methyl/N-ethyl adjacent to an activating group) is 1. The molecule has 0 heterocycles. The van der Waals surface area contributed by atoms with E-state index < -0.39 is 0 Å². The Balaban J connectivity index is 1.94. The molecule has 0 saturated heterocycles. The molecule has 2 aromatic carbocycles. The molecule has 0 aliphatic heterocycles. The van der Waals surface area contributed by atoms with Gasteiger partial charge in [0.2, 0.25) is 0 Å². The van der Waals surface area contributed by atoms with E-state index in [1.807, 2.05) is 14.0 Å². The van der Waals surface area contributed by atoms with Gasteiger partial charge in [-0.15, -0.1) is 0 Å². The summed E-state index contributed by atoms with van der Waals surface area (Å²) >= 11 is 0. The van der Waals surface area contributed by atoms with Gasteiger partial charge in [0.25, 0.3) is 5.91 Å². The lowest BCUT2D eigenvalue weighted by atomic mass is 10.0. The van der Waals surface area contributed by atoms with Crippen LogP contribution in [0.2, 0.25) is 0 Å². The molecule has 2 rings (SSSR count). The predicted octanol–water partition coefficient (Wildman–Crippen LogP) is 2.72. The molecule has 4 nitrogen and oxygen atoms in total. The molecule has 0 fully saturated rings. The van der Waals surface area contributed by atoms with Gasteiger partial charge in [-0.25, -0.2) is 0 Å². The van der Waals surface area contributed by atoms with Gasteiger partial charge >= 0.3 is 0 Å². The van der Waals surface area contributed by atoms with Crippen LogP contribution < -0.4 is 10.2 Å². The minimum Gasteiger partial charge on any atom is -0.324 e. The maximum Gasteiger partial charge on any atom is 0.282 e. The van der Waals surface area contributed by atoms with Gasteiger partial charge in [-0.1, -0.05) is 38.1 Å². The Morgan fingerprint density at radius 1 is 1.08 bits per heavy atom. The first-order chi connectivity index (χ1) is 11.9. The Kier molecular flexibility index (Phi) is 6.32. The van der Waals surface area contributed by atoms with Gasteiger partial charge in [-0.3, -0.25) is 4.79 Å². The molecule has 2 atom stereocenters. The predicted molar refractivity (Wildman–Crippen MR) is 100 cm³/mol. The van der Waals surface area contributed by atoms with Crippen molar-refractivity contribution in [3.05, 3.63) is 65.2 Å². The molecule has 1 amide bonds. The molecule has 1 unspecified atom stereocenters. The Bertz CT molecular complexity index is 742. The van der Waals surface area contributed by atoms with Crippen LogP contribution in [0.4, 0.5) is 5.69 Å². The Morgan fingerprint density at radius 2 is 1.68 bits per heavy atom. The summed E-state index contributed by atoms with van der Waals surface area (Å²) in [5, 5.41) is 11.7. The molecule has 0 saturated carbocycles. The molecule has 0 spiro atoms. The van der Waals surface area contributed by atoms with E-state index in [0.29, 0.717) is 17.2 Å². The van der Waals surface area contributed by atoms with Crippen LogP contribution in [-0.2, 0) is 11.3 Å². The summed E-state index contributed by atoms with van der Waals surface area (Å²) in [6, 6.07) is 17.4. The van der Waals surface area contributed by atoms with E-state index in [-0.39, 0.29) is 11.9 Å². The normalized spacial score (nSPS) is 13.1. The topological polar surface area (TPSA) is 57.3 Å². The first-order valence-electron chi connectivity index (χ1n) is 8.63. The van der Waals surface area contributed by atoms with E-state index in [1.165, 1.54) is 11.1 Å². The van der Waals surface area contributed by atoms with E-state index in [1.54, 1.807) is 24.3 Å². The van der Waals surface area contributed by atoms with E-state index in [2.05, 4.69) is 49.5 Å². The number of quaternary nitrogens is 1. The maximum atomic E-state index is 12.4. The van der Waals surface area contributed by atoms with Crippen LogP contribution >= 0.6 is 0 Å². The van der Waals surface area contributed by atoms with Crippen LogP contribution in [0.5, 0.6) is 0 Å². The molecule has 0 aromatic heterocycles. The fraction of sp³-hybridized carbons (Fsp3) is 0.333. The summed E-state index contributed by atoms with van der Waals surface area (Å²) in [4.78, 5) is 13.6. The Labute approximate surface area is 150 Å². The summed E-state index contributed by atoms with van der Waals surface area (Å²) in [6.07, 6.45) is 0. The lowest BCUT2D eigenvalue weighted by Crippen LogP contribution is -3.12. The Morgan fingerprint density at radius 3 is 2.20 bits per heavy atom. The van der Waals surface area contributed by atoms with Gasteiger partial charge in [-0.05, 0) is 42.7 Å². The molecule has 0 aliphatic carbocycles. The van der Waals surface area contributed by atoms with Crippen molar-refractivity contribution in [1.29, 1.82) is 5.26 Å². The summed E-state index contributed by atoms with van der Waals surface area (Å²) < 4.78 is 0. The van der Waals surface area contributed by atoms with E-state index in [4.69, 9.17) is 5.26 Å². The second-order valence-electron chi connectivity index (χ2n) is 6.82. The number of benzene rings is 2. The molecule has 2 aromatic rings. The number of hydrogen-bond acceptors (Lipinski definition) is 2. The van der Waals surface area contributed by atoms with Crippen LogP contribution in [0.1, 0.15) is 43.4 Å². The second kappa shape index (κ2) is 8.46. The average Bonchev–Trinajstić information content (AvgIpc) is 2.62. The zero-order chi connectivity index (χ0) is 18.4. The smallest absolute Gasteiger partial charge is 0.282 e. The third-order valence-corrected chi connectivity index (χ3v) is 4.54. The zero-order valence-electron chi connectivity index (χ0n) is 15.3. The number of hydrogen-bond donors (Lipinski definition) is 2. The van der Waals surface area contributed by atoms with Crippen LogP contribution in [-0.4, -0.2) is 19.0 Å². The van der Waals surface area contributed by atoms with Crippen molar-refractivity contribution in [3.8, 4) is 6.07 Å². The third-order valence-electron chi connectivity index (χ3n) is 4.54. The Hall–Kier alpha value is -2.64. The second-order valence-corrected chi connectivity index (χ2v) is 6.82. The highest BCUT2D eigenvalue weighted by molar-refractivity contribution is 5.93. The van der Waals surface area contributed by atoms with Crippen molar-refractivity contribution in [2.75, 3.05) is 12.4 Å². The van der Waals surface area contributed by atoms with E-state index >= 15 is 0 Å². The van der Waals surface area contributed by atoms with Crippen LogP contribution in [0, 0.1) is 11.3 Å². The summed E-state index contributed by atoms with van der Waals surface area (Å²) in [6.45, 7) is 7.08. The molecule has 0 bridgehead atoms. The molecule has 2 N–H and O–H groups in total. The third kappa shape index (κ3) is 5.17. The largest absolute Gasteiger partial charge is 0.324 e. The van der Waals surface area contributed by atoms with Gasteiger partial charge in [-0.2, -0.15) is 5.26 Å². The number of carbonyl (C=O) groups is 1. The SMILES string of the molecule is CC(C)c1ccc(C[NH+](C)[C@@H](C)C(=O)Nc2ccc(C#N)cc2)cc1. The number of nitriles is 1. The quantitative estimate of drug-likeness (QED) is 0.852. The van der Waals surface area contributed by atoms with Gasteiger partial charge in [0.05, 0.1) is 18.7 Å². The number of anilines is 1. The minimum atomic E-state index is -0.180. The van der Waals surface area contributed by atoms with E-state index in [0.717, 1.165) is 11.4 Å². The number of nitrogens with one attached hydrogen (secondary N) is 2. The van der Waals surface area contributed by atoms with Crippen molar-refractivity contribution >= 4 is 11.6 Å². The van der Waals surface area contributed by atoms with Crippen molar-refractivity contribution in [2.24, 2.45) is 0 Å². The van der Waals surface area contributed by atoms with Crippen molar-refractivity contribution in [1.82, 2.24) is 0 Å². The van der Waals surface area contributed by atoms with Crippen molar-refractivity contribution < 1.29 is 9.69 Å². The highest BCUT2D eigenvalue weighted by atomic mass is 16.2. The van der Waals surface area contributed by atoms with Crippen LogP contribution in [0.25, 0.3) is 0 Å². The lowest BCUT2D eigenvalue weighted by molar-refractivity contribution is -0.907. The van der Waals surface area contributed by atoms with E-state index in [9.17, 15) is 4.79 Å². The number of carbonyl (C=O) groups excluding carboxylic acids is 1. The lowest BCUT2D eigenvalue weighted by Gasteiger charge is -2.21. The van der Waals surface area contributed by atoms with Gasteiger partial charge in [0.1, 0.15) is 6.54 Å². The molecular formula is C21H26N3O+. The first-order valence-corrected chi connectivity index (χ1v) is 8.63. The van der Waals surface area contributed by atoms with Crippen LogP contribution in [0.3, 0.4) is 0 Å². The van der Waals surface area contributed by atoms with Crippen molar-refractivity contribution in [2.45, 2.75) is 39.3 Å². The highest BCUT2D eigenvalue weighted by Crippen LogP contribution is 2.14. The molecule has 25 heavy (non-hydrogen) atoms. The fourth-order valence-electron chi connectivity index (χ4n) is 2.60. The fourth-order valence-corrected chi connectivity index (χ4v) is 2.60. The summed E-state index contributed by atoms with van der Waals surface area (Å²) in [7, 11) is 2.03. The van der Waals surface area contributed by atoms with Crippen LogP contribution in [0.15, 0.2) is 48.5 Å². The van der Waals surface area contributed by atoms with Gasteiger partial charge < -0.3 is 10.2 Å². The average molecular weight is 336 g/mol. The molecule has 0 radical (unpaired) electrons. The number of nitrogens with zero attached hydrogens (tertiary/aromatic N) is 1. The van der Waals surface area contributed by atoms with Gasteiger partial charge in [0, 0.05) is 11.3 Å². The minimum absolute atomic E-state index is 0.0268. The summed E-state index contributed by atoms with van der Waals surface area (Å²) in [5.41, 5.74) is 3.84. The first kappa shape index (κ1) is 18.7. The standard InChI is InChI=1S/C21H25N3O/c1-15(2)19-9-5-18(6-10-19)14-24(4)16(3)21(25)23-20-11-7-17(13-22)8-12-20/h5-12,15-16H,14H2,1-4H3,(H,23,25)/p+1/t16-/m0/s1. The monoisotopic (exact) mass is 336 g/mol. The molecular weight excluding hydrogens is 310 g/mol. The molecule has 4 heteroatoms. The highest BCUT2D eigenvalue weighted by Gasteiger charge is 2.22. The number of amides is 1.